The van der Waals surface area contributed by atoms with Crippen molar-refractivity contribution in [2.75, 3.05) is 26.2 Å². The molecule has 0 unspecified atom stereocenters. The quantitative estimate of drug-likeness (QED) is 0.666. The predicted octanol–water partition coefficient (Wildman–Crippen LogP) is 2.61. The molecular formula is C21H25N3O2. The summed E-state index contributed by atoms with van der Waals surface area (Å²) in [4.78, 5) is 27.5. The second kappa shape index (κ2) is 8.15. The number of amides is 1. The lowest BCUT2D eigenvalue weighted by molar-refractivity contribution is -0.121. The molecule has 1 aromatic heterocycles. The maximum atomic E-state index is 12.7. The van der Waals surface area contributed by atoms with Crippen LogP contribution in [0.5, 0.6) is 0 Å². The molecule has 0 spiro atoms. The molecule has 136 valence electrons. The molecule has 0 saturated carbocycles. The van der Waals surface area contributed by atoms with Gasteiger partial charge in [-0.2, -0.15) is 0 Å². The van der Waals surface area contributed by atoms with Gasteiger partial charge in [-0.15, -0.1) is 0 Å². The van der Waals surface area contributed by atoms with Gasteiger partial charge in [-0.1, -0.05) is 38.1 Å². The van der Waals surface area contributed by atoms with E-state index in [1.807, 2.05) is 53.1 Å². The number of likely N-dealkylation sites (N-methyl/N-ethyl adjacent to an activating group) is 1. The standard InChI is InChI=1S/C21H25N3O2/c1-3-23(4-2)14-13-22-20(25)15-24-18-11-7-5-9-16(18)21(26)17-10-6-8-12-19(17)24/h5-12H,3-4,13-15H2,1-2H3,(H,22,25). The van der Waals surface area contributed by atoms with Crippen LogP contribution in [0.25, 0.3) is 21.8 Å². The van der Waals surface area contributed by atoms with Gasteiger partial charge in [0.15, 0.2) is 5.43 Å². The molecular weight excluding hydrogens is 326 g/mol. The van der Waals surface area contributed by atoms with Crippen LogP contribution >= 0.6 is 0 Å². The first-order valence-electron chi connectivity index (χ1n) is 9.15. The van der Waals surface area contributed by atoms with Gasteiger partial charge in [-0.05, 0) is 37.4 Å². The fourth-order valence-corrected chi connectivity index (χ4v) is 3.34. The third-order valence-electron chi connectivity index (χ3n) is 4.83. The molecule has 0 radical (unpaired) electrons. The molecule has 1 amide bonds. The summed E-state index contributed by atoms with van der Waals surface area (Å²) in [5.74, 6) is -0.0453. The lowest BCUT2D eigenvalue weighted by Gasteiger charge is -2.19. The van der Waals surface area contributed by atoms with Crippen LogP contribution in [0.15, 0.2) is 53.3 Å². The Kier molecular flexibility index (Phi) is 5.68. The maximum absolute atomic E-state index is 12.7. The molecule has 5 nitrogen and oxygen atoms in total. The van der Waals surface area contributed by atoms with Crippen molar-refractivity contribution < 1.29 is 4.79 Å². The number of carbonyl (C=O) groups is 1. The first kappa shape index (κ1) is 18.1. The molecule has 0 aliphatic rings. The number of nitrogens with zero attached hydrogens (tertiary/aromatic N) is 2. The summed E-state index contributed by atoms with van der Waals surface area (Å²) in [5.41, 5.74) is 1.58. The Morgan fingerprint density at radius 2 is 1.50 bits per heavy atom. The summed E-state index contributed by atoms with van der Waals surface area (Å²) in [6.07, 6.45) is 0. The average Bonchev–Trinajstić information content (AvgIpc) is 2.68. The van der Waals surface area contributed by atoms with Crippen LogP contribution in [-0.2, 0) is 11.3 Å². The molecule has 0 fully saturated rings. The van der Waals surface area contributed by atoms with Crippen LogP contribution in [0.2, 0.25) is 0 Å². The van der Waals surface area contributed by atoms with E-state index in [1.165, 1.54) is 0 Å². The van der Waals surface area contributed by atoms with Gasteiger partial charge in [0.2, 0.25) is 5.91 Å². The summed E-state index contributed by atoms with van der Waals surface area (Å²) in [6.45, 7) is 7.83. The number of hydrogen-bond donors (Lipinski definition) is 1. The molecule has 0 saturated heterocycles. The van der Waals surface area contributed by atoms with Crippen molar-refractivity contribution in [1.29, 1.82) is 0 Å². The highest BCUT2D eigenvalue weighted by Gasteiger charge is 2.12. The van der Waals surface area contributed by atoms with E-state index in [1.54, 1.807) is 0 Å². The number of rotatable bonds is 7. The van der Waals surface area contributed by atoms with Crippen molar-refractivity contribution in [3.63, 3.8) is 0 Å². The minimum Gasteiger partial charge on any atom is -0.353 e. The van der Waals surface area contributed by atoms with E-state index in [2.05, 4.69) is 24.1 Å². The van der Waals surface area contributed by atoms with Crippen LogP contribution in [0.3, 0.4) is 0 Å². The molecule has 3 rings (SSSR count). The average molecular weight is 351 g/mol. The molecule has 5 heteroatoms. The Morgan fingerprint density at radius 3 is 2.04 bits per heavy atom. The van der Waals surface area contributed by atoms with Crippen molar-refractivity contribution in [2.45, 2.75) is 20.4 Å². The van der Waals surface area contributed by atoms with Crippen molar-refractivity contribution in [1.82, 2.24) is 14.8 Å². The van der Waals surface area contributed by atoms with Gasteiger partial charge in [0.25, 0.3) is 0 Å². The second-order valence-corrected chi connectivity index (χ2v) is 6.33. The molecule has 0 aliphatic heterocycles. The Morgan fingerprint density at radius 1 is 0.962 bits per heavy atom. The van der Waals surface area contributed by atoms with Crippen LogP contribution in [0.4, 0.5) is 0 Å². The molecule has 0 bridgehead atoms. The topological polar surface area (TPSA) is 54.3 Å². The number of hydrogen-bond acceptors (Lipinski definition) is 3. The number of nitrogens with one attached hydrogen (secondary N) is 1. The van der Waals surface area contributed by atoms with Gasteiger partial charge in [-0.25, -0.2) is 0 Å². The SMILES string of the molecule is CCN(CC)CCNC(=O)Cn1c2ccccc2c(=O)c2ccccc21. The van der Waals surface area contributed by atoms with Crippen LogP contribution in [0, 0.1) is 0 Å². The Balaban J connectivity index is 1.90. The Bertz CT molecular complexity index is 914. The molecule has 1 N–H and O–H groups in total. The first-order chi connectivity index (χ1) is 12.7. The van der Waals surface area contributed by atoms with Crippen molar-refractivity contribution in [2.24, 2.45) is 0 Å². The highest BCUT2D eigenvalue weighted by Crippen LogP contribution is 2.18. The molecule has 1 heterocycles. The molecule has 0 aliphatic carbocycles. The van der Waals surface area contributed by atoms with Crippen molar-refractivity contribution in [3.05, 3.63) is 58.8 Å². The minimum absolute atomic E-state index is 0.00870. The maximum Gasteiger partial charge on any atom is 0.240 e. The lowest BCUT2D eigenvalue weighted by atomic mass is 10.1. The summed E-state index contributed by atoms with van der Waals surface area (Å²) < 4.78 is 1.93. The molecule has 2 aromatic carbocycles. The van der Waals surface area contributed by atoms with E-state index in [0.29, 0.717) is 17.3 Å². The Hall–Kier alpha value is -2.66. The highest BCUT2D eigenvalue weighted by molar-refractivity contribution is 5.94. The normalized spacial score (nSPS) is 11.3. The van der Waals surface area contributed by atoms with Crippen molar-refractivity contribution in [3.8, 4) is 0 Å². The Labute approximate surface area is 153 Å². The van der Waals surface area contributed by atoms with Gasteiger partial charge in [0.1, 0.15) is 6.54 Å². The van der Waals surface area contributed by atoms with Crippen LogP contribution < -0.4 is 10.7 Å². The van der Waals surface area contributed by atoms with E-state index in [4.69, 9.17) is 0 Å². The predicted molar refractivity (Wildman–Crippen MR) is 107 cm³/mol. The number of aromatic nitrogens is 1. The van der Waals surface area contributed by atoms with Gasteiger partial charge in [-0.3, -0.25) is 9.59 Å². The molecule has 26 heavy (non-hydrogen) atoms. The van der Waals surface area contributed by atoms with Gasteiger partial charge in [0, 0.05) is 23.9 Å². The fraction of sp³-hybridized carbons (Fsp3) is 0.333. The fourth-order valence-electron chi connectivity index (χ4n) is 3.34. The first-order valence-corrected chi connectivity index (χ1v) is 9.15. The summed E-state index contributed by atoms with van der Waals surface area (Å²) >= 11 is 0. The smallest absolute Gasteiger partial charge is 0.240 e. The minimum atomic E-state index is -0.0453. The third-order valence-corrected chi connectivity index (χ3v) is 4.83. The number of fused-ring (bicyclic) bond motifs is 2. The third kappa shape index (κ3) is 3.63. The summed E-state index contributed by atoms with van der Waals surface area (Å²) in [5, 5.41) is 4.28. The van der Waals surface area contributed by atoms with E-state index in [-0.39, 0.29) is 17.9 Å². The molecule has 3 aromatic rings. The number of para-hydroxylation sites is 2. The van der Waals surface area contributed by atoms with Gasteiger partial charge >= 0.3 is 0 Å². The summed E-state index contributed by atoms with van der Waals surface area (Å²) in [7, 11) is 0. The lowest BCUT2D eigenvalue weighted by Crippen LogP contribution is -2.36. The zero-order valence-electron chi connectivity index (χ0n) is 15.4. The number of pyridine rings is 1. The second-order valence-electron chi connectivity index (χ2n) is 6.33. The van der Waals surface area contributed by atoms with Crippen LogP contribution in [-0.4, -0.2) is 41.6 Å². The van der Waals surface area contributed by atoms with E-state index < -0.39 is 0 Å². The van der Waals surface area contributed by atoms with Crippen LogP contribution in [0.1, 0.15) is 13.8 Å². The van der Waals surface area contributed by atoms with Crippen molar-refractivity contribution >= 4 is 27.7 Å². The largest absolute Gasteiger partial charge is 0.353 e. The van der Waals surface area contributed by atoms with E-state index >= 15 is 0 Å². The molecule has 0 atom stereocenters. The number of carbonyl (C=O) groups excluding carboxylic acids is 1. The summed E-state index contributed by atoms with van der Waals surface area (Å²) in [6, 6.07) is 14.9. The number of benzene rings is 2. The zero-order chi connectivity index (χ0) is 18.5. The monoisotopic (exact) mass is 351 g/mol. The van der Waals surface area contributed by atoms with Gasteiger partial charge < -0.3 is 14.8 Å². The zero-order valence-corrected chi connectivity index (χ0v) is 15.4. The highest BCUT2D eigenvalue weighted by atomic mass is 16.2. The van der Waals surface area contributed by atoms with E-state index in [0.717, 1.165) is 30.7 Å². The van der Waals surface area contributed by atoms with E-state index in [9.17, 15) is 9.59 Å². The van der Waals surface area contributed by atoms with Gasteiger partial charge in [0.05, 0.1) is 11.0 Å².